The molecule has 2 amide bonds. The molecular formula is C44H37Cl2N5O9S2. The number of nitriles is 1. The normalized spacial score (nSPS) is 16.1. The molecule has 7 rings (SSSR count). The number of aromatic nitrogens is 1. The molecule has 2 aliphatic heterocycles. The van der Waals surface area contributed by atoms with E-state index >= 15 is 0 Å². The molecule has 0 radical (unpaired) electrons. The van der Waals surface area contributed by atoms with Crippen LogP contribution in [-0.4, -0.2) is 61.3 Å². The molecule has 3 unspecified atom stereocenters. The predicted molar refractivity (Wildman–Crippen MR) is 231 cm³/mol. The number of carbonyl (C=O) groups is 3. The van der Waals surface area contributed by atoms with Crippen LogP contribution in [0.3, 0.4) is 0 Å². The molecule has 0 saturated heterocycles. The summed E-state index contributed by atoms with van der Waals surface area (Å²) in [5.41, 5.74) is 4.04. The number of amides is 2. The Hall–Kier alpha value is -6.14. The fourth-order valence-electron chi connectivity index (χ4n) is 6.76. The molecule has 18 heteroatoms. The highest BCUT2D eigenvalue weighted by Crippen LogP contribution is 2.42. The Morgan fingerprint density at radius 3 is 2.42 bits per heavy atom. The summed E-state index contributed by atoms with van der Waals surface area (Å²) in [6.07, 6.45) is -0.753. The molecule has 0 aliphatic carbocycles. The van der Waals surface area contributed by atoms with E-state index in [1.54, 1.807) is 48.5 Å². The minimum atomic E-state index is -4.46. The second kappa shape index (κ2) is 18.9. The number of thiazole rings is 1. The van der Waals surface area contributed by atoms with E-state index in [2.05, 4.69) is 27.5 Å². The lowest BCUT2D eigenvalue weighted by atomic mass is 9.94. The summed E-state index contributed by atoms with van der Waals surface area (Å²) in [4.78, 5) is 43.3. The maximum atomic E-state index is 14.6. The van der Waals surface area contributed by atoms with Crippen LogP contribution in [0.2, 0.25) is 10.0 Å². The highest BCUT2D eigenvalue weighted by molar-refractivity contribution is 7.91. The number of nitrogens with one attached hydrogen (secondary N) is 2. The lowest BCUT2D eigenvalue weighted by molar-refractivity contribution is -0.145. The minimum Gasteiger partial charge on any atom is -0.489 e. The molecule has 0 fully saturated rings. The monoisotopic (exact) mass is 913 g/mol. The third-order valence-electron chi connectivity index (χ3n) is 9.89. The molecular weight excluding hydrogens is 878 g/mol. The highest BCUT2D eigenvalue weighted by Gasteiger charge is 2.43. The average molecular weight is 915 g/mol. The molecule has 3 heterocycles. The Morgan fingerprint density at radius 1 is 1.00 bits per heavy atom. The van der Waals surface area contributed by atoms with Gasteiger partial charge in [-0.25, -0.2) is 18.2 Å². The number of fused-ring (bicyclic) bond motifs is 2. The van der Waals surface area contributed by atoms with Crippen LogP contribution in [0.15, 0.2) is 83.1 Å². The summed E-state index contributed by atoms with van der Waals surface area (Å²) in [6, 6.07) is 22.1. The van der Waals surface area contributed by atoms with Gasteiger partial charge in [-0.2, -0.15) is 9.57 Å². The standard InChI is InChI=1S/C44H37Cl2N5O9S2/c1-25-43(61-44(48-25)49-26(2)52)62(55,56)51-22-32-20-39-38(59-24-40(60-39)30-12-14-33(15-13-30)58-23-29-11-16-34(45)35(46)17-29)19-31(32)18-37(51)41(53)50-36(42(54)57-3)6-4-5-27-7-9-28(21-47)10-8-27/h7-17,19-20,36-37,40H,6,18,22-24H2,1-3H3,(H,50,53)(H,48,49,52). The van der Waals surface area contributed by atoms with Gasteiger partial charge in [-0.1, -0.05) is 64.6 Å². The number of hydrogen-bond acceptors (Lipinski definition) is 12. The topological polar surface area (TPSA) is 186 Å². The first kappa shape index (κ1) is 43.9. The van der Waals surface area contributed by atoms with Crippen LogP contribution in [0.25, 0.3) is 0 Å². The van der Waals surface area contributed by atoms with Crippen molar-refractivity contribution in [2.75, 3.05) is 19.0 Å². The van der Waals surface area contributed by atoms with Gasteiger partial charge < -0.3 is 29.6 Å². The van der Waals surface area contributed by atoms with Gasteiger partial charge in [-0.05, 0) is 96.3 Å². The third-order valence-corrected chi connectivity index (χ3v) is 14.1. The molecule has 4 aromatic carbocycles. The van der Waals surface area contributed by atoms with Gasteiger partial charge in [0, 0.05) is 25.5 Å². The van der Waals surface area contributed by atoms with Crippen molar-refractivity contribution in [1.82, 2.24) is 14.6 Å². The first-order valence-corrected chi connectivity index (χ1v) is 22.0. The number of sulfonamides is 1. The van der Waals surface area contributed by atoms with Crippen molar-refractivity contribution in [3.8, 4) is 35.2 Å². The van der Waals surface area contributed by atoms with E-state index in [1.807, 2.05) is 36.4 Å². The summed E-state index contributed by atoms with van der Waals surface area (Å²) >= 11 is 12.9. The SMILES string of the molecule is COC(=O)C(CC#Cc1ccc(C#N)cc1)NC(=O)C1Cc2cc3c(cc2CN1S(=O)(=O)c1sc(NC(C)=O)nc1C)OC(c1ccc(OCc2ccc(Cl)c(Cl)c2)cc1)CO3. The van der Waals surface area contributed by atoms with Crippen LogP contribution in [0.4, 0.5) is 5.13 Å². The fraction of sp³-hybridized carbons (Fsp3) is 0.250. The number of halogens is 2. The lowest BCUT2D eigenvalue weighted by Crippen LogP contribution is -2.55. The van der Waals surface area contributed by atoms with Crippen molar-refractivity contribution >= 4 is 67.5 Å². The van der Waals surface area contributed by atoms with Crippen LogP contribution in [0, 0.1) is 30.1 Å². The number of anilines is 1. The van der Waals surface area contributed by atoms with Gasteiger partial charge in [0.2, 0.25) is 11.8 Å². The Morgan fingerprint density at radius 2 is 1.73 bits per heavy atom. The number of aryl methyl sites for hydroxylation is 1. The number of rotatable bonds is 11. The van der Waals surface area contributed by atoms with Gasteiger partial charge in [-0.3, -0.25) is 9.59 Å². The number of carbonyl (C=O) groups excluding carboxylic acids is 3. The molecule has 2 aliphatic rings. The quantitative estimate of drug-likeness (QED) is 0.104. The number of hydrogen-bond donors (Lipinski definition) is 2. The van der Waals surface area contributed by atoms with Crippen LogP contribution in [0.5, 0.6) is 17.2 Å². The van der Waals surface area contributed by atoms with E-state index in [1.165, 1.54) is 21.0 Å². The molecule has 2 N–H and O–H groups in total. The summed E-state index contributed by atoms with van der Waals surface area (Å²) in [5, 5.41) is 15.3. The zero-order valence-electron chi connectivity index (χ0n) is 33.4. The van der Waals surface area contributed by atoms with Crippen LogP contribution in [-0.2, 0) is 48.7 Å². The fourth-order valence-corrected chi connectivity index (χ4v) is 10.2. The number of ether oxygens (including phenoxy) is 4. The molecule has 318 valence electrons. The summed E-state index contributed by atoms with van der Waals surface area (Å²) in [6.45, 7) is 2.98. The first-order valence-electron chi connectivity index (χ1n) is 19.0. The molecule has 3 atom stereocenters. The van der Waals surface area contributed by atoms with Crippen LogP contribution >= 0.6 is 34.5 Å². The van der Waals surface area contributed by atoms with Crippen molar-refractivity contribution in [3.05, 3.63) is 128 Å². The number of esters is 1. The summed E-state index contributed by atoms with van der Waals surface area (Å²) in [7, 11) is -3.29. The Kier molecular flexibility index (Phi) is 13.4. The predicted octanol–water partition coefficient (Wildman–Crippen LogP) is 6.90. The zero-order valence-corrected chi connectivity index (χ0v) is 36.5. The molecule has 0 spiro atoms. The van der Waals surface area contributed by atoms with Gasteiger partial charge in [0.1, 0.15) is 31.0 Å². The van der Waals surface area contributed by atoms with Crippen molar-refractivity contribution < 1.29 is 41.7 Å². The van der Waals surface area contributed by atoms with Crippen molar-refractivity contribution in [2.24, 2.45) is 0 Å². The third kappa shape index (κ3) is 9.97. The van der Waals surface area contributed by atoms with Crippen molar-refractivity contribution in [1.29, 1.82) is 5.26 Å². The number of nitrogens with zero attached hydrogens (tertiary/aromatic N) is 3. The highest BCUT2D eigenvalue weighted by atomic mass is 35.5. The van der Waals surface area contributed by atoms with Gasteiger partial charge in [-0.15, -0.1) is 0 Å². The second-order valence-corrected chi connectivity index (χ2v) is 18.1. The molecule has 0 saturated carbocycles. The maximum absolute atomic E-state index is 14.6. The van der Waals surface area contributed by atoms with E-state index in [0.29, 0.717) is 49.5 Å². The Balaban J connectivity index is 1.13. The molecule has 5 aromatic rings. The van der Waals surface area contributed by atoms with Crippen molar-refractivity contribution in [3.63, 3.8) is 0 Å². The van der Waals surface area contributed by atoms with E-state index in [9.17, 15) is 22.8 Å². The molecule has 1 aromatic heterocycles. The van der Waals surface area contributed by atoms with E-state index < -0.39 is 46.0 Å². The maximum Gasteiger partial charge on any atom is 0.329 e. The summed E-state index contributed by atoms with van der Waals surface area (Å²) < 4.78 is 53.6. The summed E-state index contributed by atoms with van der Waals surface area (Å²) in [5.74, 6) is 5.23. The van der Waals surface area contributed by atoms with Gasteiger partial charge in [0.25, 0.3) is 10.0 Å². The van der Waals surface area contributed by atoms with E-state index in [-0.39, 0.29) is 47.6 Å². The Bertz CT molecular complexity index is 2760. The van der Waals surface area contributed by atoms with Gasteiger partial charge in [0.15, 0.2) is 26.9 Å². The molecule has 14 nitrogen and oxygen atoms in total. The zero-order chi connectivity index (χ0) is 44.1. The van der Waals surface area contributed by atoms with Crippen LogP contribution in [0.1, 0.15) is 58.5 Å². The van der Waals surface area contributed by atoms with Gasteiger partial charge >= 0.3 is 5.97 Å². The lowest BCUT2D eigenvalue weighted by Gasteiger charge is -2.36. The smallest absolute Gasteiger partial charge is 0.329 e. The second-order valence-electron chi connectivity index (χ2n) is 14.2. The average Bonchev–Trinajstić information content (AvgIpc) is 3.64. The molecule has 0 bridgehead atoms. The van der Waals surface area contributed by atoms with E-state index in [0.717, 1.165) is 26.8 Å². The number of methoxy groups -OCH3 is 1. The Labute approximate surface area is 371 Å². The molecule has 62 heavy (non-hydrogen) atoms. The van der Waals surface area contributed by atoms with E-state index in [4.69, 9.17) is 47.4 Å². The van der Waals surface area contributed by atoms with Gasteiger partial charge in [0.05, 0.1) is 34.5 Å². The largest absolute Gasteiger partial charge is 0.489 e. The van der Waals surface area contributed by atoms with Crippen molar-refractivity contribution in [2.45, 2.75) is 62.2 Å². The first-order chi connectivity index (χ1) is 29.7. The van der Waals surface area contributed by atoms with Crippen LogP contribution < -0.4 is 24.8 Å². The minimum absolute atomic E-state index is 0.0790. The number of benzene rings is 4.